The molecule has 3 aliphatic rings. The summed E-state index contributed by atoms with van der Waals surface area (Å²) in [5.41, 5.74) is 5.13. The van der Waals surface area contributed by atoms with Gasteiger partial charge in [-0.25, -0.2) is 9.78 Å². The molecule has 2 fully saturated rings. The number of esters is 1. The van der Waals surface area contributed by atoms with Crippen LogP contribution in [0.1, 0.15) is 45.2 Å². The van der Waals surface area contributed by atoms with Gasteiger partial charge in [-0.15, -0.1) is 0 Å². The van der Waals surface area contributed by atoms with Crippen LogP contribution in [0.15, 0.2) is 84.9 Å². The van der Waals surface area contributed by atoms with E-state index in [1.165, 1.54) is 4.90 Å². The van der Waals surface area contributed by atoms with Gasteiger partial charge in [0.2, 0.25) is 17.6 Å². The van der Waals surface area contributed by atoms with E-state index in [1.54, 1.807) is 37.3 Å². The fourth-order valence-electron chi connectivity index (χ4n) is 6.88. The summed E-state index contributed by atoms with van der Waals surface area (Å²) in [7, 11) is 0. The molecule has 0 N–H and O–H groups in total. The molecular weight excluding hydrogens is 540 g/mol. The number of rotatable bonds is 6. The first-order chi connectivity index (χ1) is 20.7. The predicted octanol–water partition coefficient (Wildman–Crippen LogP) is 6.26. The van der Waals surface area contributed by atoms with Crippen molar-refractivity contribution in [1.29, 1.82) is 0 Å². The van der Waals surface area contributed by atoms with Crippen LogP contribution in [0, 0.1) is 37.5 Å². The molecule has 2 aliphatic carbocycles. The molecule has 1 saturated heterocycles. The highest BCUT2D eigenvalue weighted by atomic mass is 16.5. The Morgan fingerprint density at radius 1 is 0.884 bits per heavy atom. The summed E-state index contributed by atoms with van der Waals surface area (Å²) in [5.74, 6) is -1.38. The highest BCUT2D eigenvalue weighted by Crippen LogP contribution is 2.53. The molecule has 7 rings (SSSR count). The number of pyridine rings is 1. The monoisotopic (exact) mass is 570 g/mol. The number of hydrogen-bond acceptors (Lipinski definition) is 6. The average Bonchev–Trinajstić information content (AvgIpc) is 3.70. The molecule has 214 valence electrons. The number of allylic oxidation sites excluding steroid dienone is 2. The van der Waals surface area contributed by atoms with Gasteiger partial charge in [-0.3, -0.25) is 19.3 Å². The number of fused-ring (bicyclic) bond motifs is 6. The van der Waals surface area contributed by atoms with Crippen LogP contribution in [0.3, 0.4) is 0 Å². The zero-order chi connectivity index (χ0) is 30.0. The zero-order valence-corrected chi connectivity index (χ0v) is 24.1. The molecule has 43 heavy (non-hydrogen) atoms. The van der Waals surface area contributed by atoms with Crippen LogP contribution in [0.4, 0.5) is 5.69 Å². The van der Waals surface area contributed by atoms with Gasteiger partial charge in [0.25, 0.3) is 0 Å². The number of benzene rings is 3. The number of ether oxygens (including phenoxy) is 1. The van der Waals surface area contributed by atoms with E-state index in [0.29, 0.717) is 39.0 Å². The largest absolute Gasteiger partial charge is 0.451 e. The van der Waals surface area contributed by atoms with Gasteiger partial charge in [0, 0.05) is 16.5 Å². The molecular formula is C36H30N2O5. The number of nitrogens with zero attached hydrogens (tertiary/aromatic N) is 2. The molecule has 0 spiro atoms. The third-order valence-electron chi connectivity index (χ3n) is 9.14. The van der Waals surface area contributed by atoms with Crippen LogP contribution in [0.25, 0.3) is 22.2 Å². The molecule has 1 saturated carbocycles. The second-order valence-electron chi connectivity index (χ2n) is 11.9. The Bertz CT molecular complexity index is 1830. The molecule has 7 heteroatoms. The number of hydrogen-bond donors (Lipinski definition) is 0. The number of aromatic nitrogens is 1. The summed E-state index contributed by atoms with van der Waals surface area (Å²) >= 11 is 0. The minimum atomic E-state index is -0.980. The number of aryl methyl sites for hydroxylation is 2. The van der Waals surface area contributed by atoms with E-state index in [2.05, 4.69) is 12.2 Å². The third-order valence-corrected chi connectivity index (χ3v) is 9.14. The number of para-hydroxylation sites is 1. The number of anilines is 1. The number of amides is 2. The molecule has 1 aliphatic heterocycles. The lowest BCUT2D eigenvalue weighted by atomic mass is 9.85. The van der Waals surface area contributed by atoms with Crippen molar-refractivity contribution in [3.8, 4) is 11.3 Å². The summed E-state index contributed by atoms with van der Waals surface area (Å²) in [6.07, 6.45) is 4.07. The van der Waals surface area contributed by atoms with Crippen molar-refractivity contribution < 1.29 is 23.9 Å². The minimum Gasteiger partial charge on any atom is -0.451 e. The van der Waals surface area contributed by atoms with E-state index >= 15 is 0 Å². The molecule has 2 heterocycles. The first kappa shape index (κ1) is 27.0. The van der Waals surface area contributed by atoms with Crippen LogP contribution < -0.4 is 4.90 Å². The highest BCUT2D eigenvalue weighted by molar-refractivity contribution is 6.23. The Morgan fingerprint density at radius 3 is 2.19 bits per heavy atom. The van der Waals surface area contributed by atoms with Crippen molar-refractivity contribution in [2.75, 3.05) is 4.90 Å². The van der Waals surface area contributed by atoms with Crippen molar-refractivity contribution in [3.63, 3.8) is 0 Å². The maximum atomic E-state index is 13.5. The molecule has 0 radical (unpaired) electrons. The minimum absolute atomic E-state index is 0.126. The van der Waals surface area contributed by atoms with E-state index in [4.69, 9.17) is 9.72 Å². The van der Waals surface area contributed by atoms with Gasteiger partial charge in [0.1, 0.15) is 0 Å². The first-order valence-corrected chi connectivity index (χ1v) is 14.6. The fraction of sp³-hybridized carbons (Fsp3) is 0.250. The molecule has 7 nitrogen and oxygen atoms in total. The number of Topliss-reactive ketones (excluding diaryl/α,β-unsaturated/α-hetero) is 1. The number of imide groups is 1. The third kappa shape index (κ3) is 4.38. The Labute approximate surface area is 249 Å². The normalized spacial score (nSPS) is 22.7. The molecule has 3 aromatic carbocycles. The van der Waals surface area contributed by atoms with Gasteiger partial charge >= 0.3 is 5.97 Å². The Hall–Kier alpha value is -4.91. The van der Waals surface area contributed by atoms with Crippen molar-refractivity contribution in [2.24, 2.45) is 23.7 Å². The maximum Gasteiger partial charge on any atom is 0.339 e. The topological polar surface area (TPSA) is 93.6 Å². The summed E-state index contributed by atoms with van der Waals surface area (Å²) < 4.78 is 5.69. The van der Waals surface area contributed by atoms with Crippen LogP contribution >= 0.6 is 0 Å². The van der Waals surface area contributed by atoms with Crippen molar-refractivity contribution in [2.45, 2.75) is 33.3 Å². The molecule has 4 aromatic rings. The quantitative estimate of drug-likeness (QED) is 0.118. The van der Waals surface area contributed by atoms with Gasteiger partial charge in [-0.2, -0.15) is 0 Å². The smallest absolute Gasteiger partial charge is 0.339 e. The summed E-state index contributed by atoms with van der Waals surface area (Å²) in [5, 5.41) is 0.628. The van der Waals surface area contributed by atoms with Gasteiger partial charge in [-0.1, -0.05) is 72.3 Å². The van der Waals surface area contributed by atoms with Gasteiger partial charge in [0.15, 0.2) is 6.10 Å². The van der Waals surface area contributed by atoms with E-state index in [9.17, 15) is 19.2 Å². The number of ketones is 1. The molecule has 1 aromatic heterocycles. The maximum absolute atomic E-state index is 13.5. The molecule has 2 amide bonds. The van der Waals surface area contributed by atoms with E-state index in [1.807, 2.05) is 56.3 Å². The molecule has 2 bridgehead atoms. The predicted molar refractivity (Wildman–Crippen MR) is 163 cm³/mol. The van der Waals surface area contributed by atoms with Crippen molar-refractivity contribution in [1.82, 2.24) is 4.98 Å². The average molecular weight is 571 g/mol. The lowest BCUT2D eigenvalue weighted by molar-refractivity contribution is -0.123. The van der Waals surface area contributed by atoms with Crippen LogP contribution in [-0.4, -0.2) is 34.7 Å². The Kier molecular flexibility index (Phi) is 6.34. The Balaban J connectivity index is 1.18. The summed E-state index contributed by atoms with van der Waals surface area (Å²) in [6, 6.07) is 21.5. The SMILES string of the molecule is Cc1ccc(C(=O)[C@H](C)OC(=O)c2cc(-c3ccc(N4C(=O)[C@H]5[C@H](C4=O)[C@H]4C=C[C@H]5C4)cc3)nc3c(C)cccc23)cc1. The molecule has 0 unspecified atom stereocenters. The summed E-state index contributed by atoms with van der Waals surface area (Å²) in [6.45, 7) is 5.44. The first-order valence-electron chi connectivity index (χ1n) is 14.6. The van der Waals surface area contributed by atoms with Crippen molar-refractivity contribution >= 4 is 40.2 Å². The van der Waals surface area contributed by atoms with E-state index < -0.39 is 12.1 Å². The highest BCUT2D eigenvalue weighted by Gasteiger charge is 2.59. The second kappa shape index (κ2) is 10.1. The second-order valence-corrected chi connectivity index (χ2v) is 11.9. The lowest BCUT2D eigenvalue weighted by Gasteiger charge is -2.18. The van der Waals surface area contributed by atoms with Crippen LogP contribution in [0.2, 0.25) is 0 Å². The Morgan fingerprint density at radius 2 is 1.53 bits per heavy atom. The molecule has 5 atom stereocenters. The van der Waals surface area contributed by atoms with Gasteiger partial charge in [0.05, 0.1) is 34.3 Å². The number of carbonyl (C=O) groups is 4. The van der Waals surface area contributed by atoms with E-state index in [-0.39, 0.29) is 41.3 Å². The number of carbonyl (C=O) groups excluding carboxylic acids is 4. The van der Waals surface area contributed by atoms with Crippen LogP contribution in [-0.2, 0) is 14.3 Å². The van der Waals surface area contributed by atoms with Crippen LogP contribution in [0.5, 0.6) is 0 Å². The fourth-order valence-corrected chi connectivity index (χ4v) is 6.88. The van der Waals surface area contributed by atoms with Gasteiger partial charge in [-0.05, 0) is 62.8 Å². The van der Waals surface area contributed by atoms with E-state index in [0.717, 1.165) is 17.5 Å². The zero-order valence-electron chi connectivity index (χ0n) is 24.1. The van der Waals surface area contributed by atoms with Gasteiger partial charge < -0.3 is 4.74 Å². The lowest BCUT2D eigenvalue weighted by Crippen LogP contribution is -2.32. The van der Waals surface area contributed by atoms with Crippen molar-refractivity contribution in [3.05, 3.63) is 107 Å². The summed E-state index contributed by atoms with van der Waals surface area (Å²) in [4.78, 5) is 59.2. The standard InChI is InChI=1S/C36H30N2O5/c1-19-7-9-23(10-8-19)33(39)21(3)43-36(42)28-18-29(37-32-20(2)5-4-6-27(28)32)22-13-15-26(16-14-22)38-34(40)30-24-11-12-25(17-24)31(30)35(38)41/h4-16,18,21,24-25,30-31H,17H2,1-3H3/t21-,24-,25-,30+,31+/m0/s1.